The molecule has 0 amide bonds. The fourth-order valence-electron chi connectivity index (χ4n) is 1.46. The fourth-order valence-corrected chi connectivity index (χ4v) is 1.63. The molecule has 4 nitrogen and oxygen atoms in total. The summed E-state index contributed by atoms with van der Waals surface area (Å²) < 4.78 is 0. The molecule has 0 bridgehead atoms. The fraction of sp³-hybridized carbons (Fsp3) is 0.0833. The summed E-state index contributed by atoms with van der Waals surface area (Å²) >= 11 is 5.89. The van der Waals surface area contributed by atoms with Crippen molar-refractivity contribution in [1.29, 1.82) is 0 Å². The molecule has 0 aliphatic heterocycles. The van der Waals surface area contributed by atoms with E-state index in [1.165, 1.54) is 6.20 Å². The van der Waals surface area contributed by atoms with E-state index >= 15 is 0 Å². The minimum absolute atomic E-state index is 0.112. The summed E-state index contributed by atoms with van der Waals surface area (Å²) in [5.74, 6) is -0.918. The second-order valence-corrected chi connectivity index (χ2v) is 3.87. The molecule has 0 spiro atoms. The van der Waals surface area contributed by atoms with E-state index < -0.39 is 5.97 Å². The van der Waals surface area contributed by atoms with Crippen molar-refractivity contribution < 1.29 is 9.90 Å². The number of aliphatic carboxylic acids is 1. The first-order valence-corrected chi connectivity index (χ1v) is 5.31. The van der Waals surface area contributed by atoms with Crippen molar-refractivity contribution in [3.8, 4) is 11.3 Å². The van der Waals surface area contributed by atoms with E-state index in [1.54, 1.807) is 30.6 Å². The van der Waals surface area contributed by atoms with Gasteiger partial charge < -0.3 is 5.11 Å². The average Bonchev–Trinajstić information content (AvgIpc) is 2.32. The quantitative estimate of drug-likeness (QED) is 0.906. The monoisotopic (exact) mass is 248 g/mol. The number of aromatic nitrogens is 2. The van der Waals surface area contributed by atoms with E-state index in [4.69, 9.17) is 16.7 Å². The van der Waals surface area contributed by atoms with Crippen LogP contribution in [0.25, 0.3) is 11.3 Å². The molecule has 5 heteroatoms. The highest BCUT2D eigenvalue weighted by Gasteiger charge is 2.08. The van der Waals surface area contributed by atoms with E-state index in [0.717, 1.165) is 5.56 Å². The molecule has 0 radical (unpaired) electrons. The van der Waals surface area contributed by atoms with Gasteiger partial charge in [0, 0.05) is 24.2 Å². The van der Waals surface area contributed by atoms with Crippen LogP contribution < -0.4 is 0 Å². The average molecular weight is 249 g/mol. The summed E-state index contributed by atoms with van der Waals surface area (Å²) in [5.41, 5.74) is 2.12. The van der Waals surface area contributed by atoms with Gasteiger partial charge in [0.15, 0.2) is 0 Å². The lowest BCUT2D eigenvalue weighted by molar-refractivity contribution is -0.136. The van der Waals surface area contributed by atoms with Gasteiger partial charge in [0.25, 0.3) is 0 Å². The molecule has 0 aliphatic carbocycles. The third-order valence-corrected chi connectivity index (χ3v) is 2.59. The predicted molar refractivity (Wildman–Crippen MR) is 63.8 cm³/mol. The largest absolute Gasteiger partial charge is 0.481 e. The second kappa shape index (κ2) is 4.93. The third kappa shape index (κ3) is 2.79. The molecular weight excluding hydrogens is 240 g/mol. The molecule has 0 fully saturated rings. The lowest BCUT2D eigenvalue weighted by atomic mass is 10.1. The first-order chi connectivity index (χ1) is 8.16. The number of carboxylic acid groups (broad SMARTS) is 1. The summed E-state index contributed by atoms with van der Waals surface area (Å²) in [6, 6.07) is 5.30. The number of nitrogens with zero attached hydrogens (tertiary/aromatic N) is 2. The maximum atomic E-state index is 10.7. The van der Waals surface area contributed by atoms with E-state index in [-0.39, 0.29) is 6.42 Å². The summed E-state index contributed by atoms with van der Waals surface area (Å²) in [5, 5.41) is 9.13. The summed E-state index contributed by atoms with van der Waals surface area (Å²) in [6.07, 6.45) is 4.67. The van der Waals surface area contributed by atoms with Gasteiger partial charge in [0.1, 0.15) is 0 Å². The van der Waals surface area contributed by atoms with Crippen LogP contribution in [-0.4, -0.2) is 21.0 Å². The third-order valence-electron chi connectivity index (χ3n) is 2.25. The van der Waals surface area contributed by atoms with Crippen molar-refractivity contribution in [2.75, 3.05) is 0 Å². The van der Waals surface area contributed by atoms with Crippen LogP contribution >= 0.6 is 11.6 Å². The Morgan fingerprint density at radius 1 is 1.35 bits per heavy atom. The highest BCUT2D eigenvalue weighted by Crippen LogP contribution is 2.22. The Bertz CT molecular complexity index is 543. The highest BCUT2D eigenvalue weighted by atomic mass is 35.5. The van der Waals surface area contributed by atoms with Crippen LogP contribution in [-0.2, 0) is 11.2 Å². The number of pyridine rings is 2. The molecule has 0 atom stereocenters. The molecule has 2 rings (SSSR count). The Labute approximate surface area is 103 Å². The molecule has 86 valence electrons. The van der Waals surface area contributed by atoms with Crippen molar-refractivity contribution in [1.82, 2.24) is 9.97 Å². The van der Waals surface area contributed by atoms with Gasteiger partial charge in [-0.15, -0.1) is 0 Å². The molecule has 0 saturated heterocycles. The molecule has 0 saturated carbocycles. The molecular formula is C12H9ClN2O2. The summed E-state index contributed by atoms with van der Waals surface area (Å²) in [7, 11) is 0. The van der Waals surface area contributed by atoms with Gasteiger partial charge in [0.05, 0.1) is 17.1 Å². The van der Waals surface area contributed by atoms with Crippen LogP contribution in [0.3, 0.4) is 0 Å². The molecule has 0 unspecified atom stereocenters. The molecule has 17 heavy (non-hydrogen) atoms. The Kier molecular flexibility index (Phi) is 3.35. The van der Waals surface area contributed by atoms with E-state index in [2.05, 4.69) is 9.97 Å². The SMILES string of the molecule is O=C(O)Cc1cc(-c2ccncc2)ncc1Cl. The van der Waals surface area contributed by atoms with Gasteiger partial charge >= 0.3 is 5.97 Å². The van der Waals surface area contributed by atoms with E-state index in [0.29, 0.717) is 16.3 Å². The maximum Gasteiger partial charge on any atom is 0.307 e. The van der Waals surface area contributed by atoms with E-state index in [9.17, 15) is 4.79 Å². The Balaban J connectivity index is 2.41. The zero-order valence-corrected chi connectivity index (χ0v) is 9.55. The van der Waals surface area contributed by atoms with Crippen LogP contribution in [0, 0.1) is 0 Å². The lowest BCUT2D eigenvalue weighted by Gasteiger charge is -2.05. The minimum atomic E-state index is -0.918. The molecule has 0 aliphatic rings. The Morgan fingerprint density at radius 2 is 2.06 bits per heavy atom. The van der Waals surface area contributed by atoms with Crippen LogP contribution in [0.15, 0.2) is 36.8 Å². The van der Waals surface area contributed by atoms with Gasteiger partial charge in [-0.25, -0.2) is 0 Å². The summed E-state index contributed by atoms with van der Waals surface area (Å²) in [4.78, 5) is 18.8. The van der Waals surface area contributed by atoms with Crippen molar-refractivity contribution in [2.24, 2.45) is 0 Å². The van der Waals surface area contributed by atoms with Gasteiger partial charge in [-0.3, -0.25) is 14.8 Å². The topological polar surface area (TPSA) is 63.1 Å². The predicted octanol–water partition coefficient (Wildman–Crippen LogP) is 2.42. The zero-order valence-electron chi connectivity index (χ0n) is 8.80. The second-order valence-electron chi connectivity index (χ2n) is 3.47. The first-order valence-electron chi connectivity index (χ1n) is 4.93. The molecule has 2 aromatic rings. The molecule has 1 N–H and O–H groups in total. The number of hydrogen-bond donors (Lipinski definition) is 1. The van der Waals surface area contributed by atoms with Crippen molar-refractivity contribution >= 4 is 17.6 Å². The van der Waals surface area contributed by atoms with Gasteiger partial charge in [-0.05, 0) is 23.8 Å². The standard InChI is InChI=1S/C12H9ClN2O2/c13-10-7-15-11(5-9(10)6-12(16)17)8-1-3-14-4-2-8/h1-5,7H,6H2,(H,16,17). The molecule has 2 aromatic heterocycles. The number of rotatable bonds is 3. The Hall–Kier alpha value is -1.94. The highest BCUT2D eigenvalue weighted by molar-refractivity contribution is 6.31. The van der Waals surface area contributed by atoms with Gasteiger partial charge in [-0.1, -0.05) is 11.6 Å². The molecule has 0 aromatic carbocycles. The van der Waals surface area contributed by atoms with Crippen molar-refractivity contribution in [3.05, 3.63) is 47.4 Å². The number of carbonyl (C=O) groups is 1. The first kappa shape index (κ1) is 11.5. The Morgan fingerprint density at radius 3 is 2.71 bits per heavy atom. The number of carboxylic acids is 1. The lowest BCUT2D eigenvalue weighted by Crippen LogP contribution is -2.01. The summed E-state index contributed by atoms with van der Waals surface area (Å²) in [6.45, 7) is 0. The van der Waals surface area contributed by atoms with Gasteiger partial charge in [-0.2, -0.15) is 0 Å². The number of hydrogen-bond acceptors (Lipinski definition) is 3. The molecule has 2 heterocycles. The normalized spacial score (nSPS) is 10.2. The van der Waals surface area contributed by atoms with E-state index in [1.807, 2.05) is 0 Å². The smallest absolute Gasteiger partial charge is 0.307 e. The van der Waals surface area contributed by atoms with Crippen LogP contribution in [0.4, 0.5) is 0 Å². The minimum Gasteiger partial charge on any atom is -0.481 e. The van der Waals surface area contributed by atoms with Gasteiger partial charge in [0.2, 0.25) is 0 Å². The van der Waals surface area contributed by atoms with Crippen molar-refractivity contribution in [2.45, 2.75) is 6.42 Å². The van der Waals surface area contributed by atoms with Crippen LogP contribution in [0.1, 0.15) is 5.56 Å². The number of halogens is 1. The van der Waals surface area contributed by atoms with Crippen LogP contribution in [0.2, 0.25) is 5.02 Å². The zero-order chi connectivity index (χ0) is 12.3. The van der Waals surface area contributed by atoms with Crippen molar-refractivity contribution in [3.63, 3.8) is 0 Å². The maximum absolute atomic E-state index is 10.7. The van der Waals surface area contributed by atoms with Crippen LogP contribution in [0.5, 0.6) is 0 Å².